The van der Waals surface area contributed by atoms with E-state index < -0.39 is 11.7 Å². The van der Waals surface area contributed by atoms with Gasteiger partial charge in [-0.25, -0.2) is 4.39 Å². The third-order valence-electron chi connectivity index (χ3n) is 3.75. The average molecular weight is 293 g/mol. The van der Waals surface area contributed by atoms with Crippen molar-refractivity contribution in [3.8, 4) is 0 Å². The molecule has 21 heavy (non-hydrogen) atoms. The van der Waals surface area contributed by atoms with E-state index in [1.807, 2.05) is 0 Å². The Morgan fingerprint density at radius 1 is 1.52 bits per heavy atom. The number of hydrogen-bond donors (Lipinski definition) is 2. The second-order valence-corrected chi connectivity index (χ2v) is 6.12. The number of nitrogens with one attached hydrogen (secondary N) is 1. The molecule has 1 fully saturated rings. The SMILES string of the molecule is CC(C)CN(CC1CCCN1)c1ccc(F)cc1C(N)=O. The molecule has 0 aromatic heterocycles. The molecular formula is C16H24FN3O. The molecule has 1 heterocycles. The van der Waals surface area contributed by atoms with E-state index in [2.05, 4.69) is 24.1 Å². The van der Waals surface area contributed by atoms with Gasteiger partial charge in [0, 0.05) is 24.8 Å². The summed E-state index contributed by atoms with van der Waals surface area (Å²) in [5, 5.41) is 3.46. The summed E-state index contributed by atoms with van der Waals surface area (Å²) in [7, 11) is 0. The first-order valence-electron chi connectivity index (χ1n) is 7.55. The number of amides is 1. The van der Waals surface area contributed by atoms with Crippen LogP contribution in [-0.2, 0) is 0 Å². The van der Waals surface area contributed by atoms with Gasteiger partial charge in [0.2, 0.25) is 0 Å². The summed E-state index contributed by atoms with van der Waals surface area (Å²) in [4.78, 5) is 13.8. The third kappa shape index (κ3) is 4.17. The van der Waals surface area contributed by atoms with Crippen molar-refractivity contribution in [1.82, 2.24) is 5.32 Å². The van der Waals surface area contributed by atoms with Gasteiger partial charge in [0.25, 0.3) is 5.91 Å². The topological polar surface area (TPSA) is 58.4 Å². The molecule has 0 bridgehead atoms. The van der Waals surface area contributed by atoms with Crippen LogP contribution in [0, 0.1) is 11.7 Å². The van der Waals surface area contributed by atoms with Gasteiger partial charge in [0.05, 0.1) is 5.56 Å². The first-order chi connectivity index (χ1) is 9.97. The first kappa shape index (κ1) is 15.8. The Labute approximate surface area is 125 Å². The van der Waals surface area contributed by atoms with Crippen LogP contribution in [0.15, 0.2) is 18.2 Å². The molecule has 1 aromatic rings. The van der Waals surface area contributed by atoms with Crippen molar-refractivity contribution >= 4 is 11.6 Å². The van der Waals surface area contributed by atoms with Gasteiger partial charge in [0.15, 0.2) is 0 Å². The van der Waals surface area contributed by atoms with Gasteiger partial charge in [-0.15, -0.1) is 0 Å². The van der Waals surface area contributed by atoms with E-state index in [0.29, 0.717) is 12.0 Å². The third-order valence-corrected chi connectivity index (χ3v) is 3.75. The molecule has 1 aromatic carbocycles. The van der Waals surface area contributed by atoms with Gasteiger partial charge in [-0.1, -0.05) is 13.8 Å². The number of halogens is 1. The Balaban J connectivity index is 2.28. The van der Waals surface area contributed by atoms with E-state index in [1.165, 1.54) is 18.6 Å². The highest BCUT2D eigenvalue weighted by atomic mass is 19.1. The molecule has 0 radical (unpaired) electrons. The maximum atomic E-state index is 13.4. The van der Waals surface area contributed by atoms with E-state index in [9.17, 15) is 9.18 Å². The normalized spacial score (nSPS) is 18.2. The monoisotopic (exact) mass is 293 g/mol. The van der Waals surface area contributed by atoms with Crippen molar-refractivity contribution in [3.05, 3.63) is 29.6 Å². The number of rotatable bonds is 6. The summed E-state index contributed by atoms with van der Waals surface area (Å²) < 4.78 is 13.4. The highest BCUT2D eigenvalue weighted by molar-refractivity contribution is 5.98. The predicted octanol–water partition coefficient (Wildman–Crippen LogP) is 2.14. The lowest BCUT2D eigenvalue weighted by Gasteiger charge is -2.30. The molecule has 116 valence electrons. The molecule has 4 nitrogen and oxygen atoms in total. The number of primary amides is 1. The van der Waals surface area contributed by atoms with Crippen LogP contribution in [0.2, 0.25) is 0 Å². The minimum absolute atomic E-state index is 0.258. The van der Waals surface area contributed by atoms with Gasteiger partial charge in [-0.3, -0.25) is 4.79 Å². The average Bonchev–Trinajstić information content (AvgIpc) is 2.90. The molecule has 0 saturated carbocycles. The molecule has 3 N–H and O–H groups in total. The number of nitrogens with two attached hydrogens (primary N) is 1. The summed E-state index contributed by atoms with van der Waals surface area (Å²) in [5.74, 6) is -0.578. The number of anilines is 1. The van der Waals surface area contributed by atoms with Gasteiger partial charge in [-0.2, -0.15) is 0 Å². The minimum atomic E-state index is -0.586. The first-order valence-corrected chi connectivity index (χ1v) is 7.55. The van der Waals surface area contributed by atoms with E-state index >= 15 is 0 Å². The summed E-state index contributed by atoms with van der Waals surface area (Å²) >= 11 is 0. The molecule has 5 heteroatoms. The summed E-state index contributed by atoms with van der Waals surface area (Å²) in [5.41, 5.74) is 6.40. The Bertz CT molecular complexity index is 498. The van der Waals surface area contributed by atoms with Crippen LogP contribution in [0.5, 0.6) is 0 Å². The van der Waals surface area contributed by atoms with Crippen molar-refractivity contribution in [2.75, 3.05) is 24.5 Å². The highest BCUT2D eigenvalue weighted by Crippen LogP contribution is 2.24. The summed E-state index contributed by atoms with van der Waals surface area (Å²) in [6.07, 6.45) is 2.30. The maximum Gasteiger partial charge on any atom is 0.250 e. The second-order valence-electron chi connectivity index (χ2n) is 6.12. The lowest BCUT2D eigenvalue weighted by atomic mass is 10.1. The van der Waals surface area contributed by atoms with Crippen LogP contribution < -0.4 is 16.0 Å². The van der Waals surface area contributed by atoms with Gasteiger partial charge < -0.3 is 16.0 Å². The minimum Gasteiger partial charge on any atom is -0.369 e. The van der Waals surface area contributed by atoms with Crippen LogP contribution in [0.25, 0.3) is 0 Å². The van der Waals surface area contributed by atoms with E-state index in [4.69, 9.17) is 5.73 Å². The maximum absolute atomic E-state index is 13.4. The number of nitrogens with zero attached hydrogens (tertiary/aromatic N) is 1. The lowest BCUT2D eigenvalue weighted by Crippen LogP contribution is -2.40. The quantitative estimate of drug-likeness (QED) is 0.845. The van der Waals surface area contributed by atoms with Gasteiger partial charge in [-0.05, 0) is 43.5 Å². The van der Waals surface area contributed by atoms with Crippen molar-refractivity contribution in [2.45, 2.75) is 32.7 Å². The van der Waals surface area contributed by atoms with Crippen molar-refractivity contribution in [1.29, 1.82) is 0 Å². The Hall–Kier alpha value is -1.62. The highest BCUT2D eigenvalue weighted by Gasteiger charge is 2.22. The fraction of sp³-hybridized carbons (Fsp3) is 0.562. The zero-order valence-electron chi connectivity index (χ0n) is 12.7. The van der Waals surface area contributed by atoms with E-state index in [0.717, 1.165) is 31.7 Å². The predicted molar refractivity (Wildman–Crippen MR) is 83.0 cm³/mol. The van der Waals surface area contributed by atoms with Crippen LogP contribution >= 0.6 is 0 Å². The summed E-state index contributed by atoms with van der Waals surface area (Å²) in [6.45, 7) is 6.91. The largest absolute Gasteiger partial charge is 0.369 e. The molecule has 0 aliphatic carbocycles. The molecule has 1 unspecified atom stereocenters. The Morgan fingerprint density at radius 2 is 2.29 bits per heavy atom. The van der Waals surface area contributed by atoms with Crippen molar-refractivity contribution < 1.29 is 9.18 Å². The van der Waals surface area contributed by atoms with Crippen LogP contribution in [-0.4, -0.2) is 31.6 Å². The fourth-order valence-electron chi connectivity index (χ4n) is 2.87. The smallest absolute Gasteiger partial charge is 0.250 e. The molecule has 1 amide bonds. The molecule has 1 aliphatic rings. The molecule has 0 spiro atoms. The van der Waals surface area contributed by atoms with Crippen LogP contribution in [0.1, 0.15) is 37.0 Å². The number of carbonyl (C=O) groups is 1. The van der Waals surface area contributed by atoms with Crippen LogP contribution in [0.3, 0.4) is 0 Å². The number of carbonyl (C=O) groups excluding carboxylic acids is 1. The fourth-order valence-corrected chi connectivity index (χ4v) is 2.87. The second kappa shape index (κ2) is 6.89. The molecule has 2 rings (SSSR count). The van der Waals surface area contributed by atoms with Crippen molar-refractivity contribution in [3.63, 3.8) is 0 Å². The standard InChI is InChI=1S/C16H24FN3O/c1-11(2)9-20(10-13-4-3-7-19-13)15-6-5-12(17)8-14(15)16(18)21/h5-6,8,11,13,19H,3-4,7,9-10H2,1-2H3,(H2,18,21). The van der Waals surface area contributed by atoms with Gasteiger partial charge in [0.1, 0.15) is 5.82 Å². The Kier molecular flexibility index (Phi) is 5.17. The van der Waals surface area contributed by atoms with Crippen molar-refractivity contribution in [2.24, 2.45) is 11.7 Å². The molecule has 1 saturated heterocycles. The van der Waals surface area contributed by atoms with E-state index in [-0.39, 0.29) is 5.56 Å². The van der Waals surface area contributed by atoms with Gasteiger partial charge >= 0.3 is 0 Å². The molecule has 1 atom stereocenters. The number of hydrogen-bond acceptors (Lipinski definition) is 3. The molecule has 1 aliphatic heterocycles. The summed E-state index contributed by atoms with van der Waals surface area (Å²) in [6, 6.07) is 4.69. The molecular weight excluding hydrogens is 269 g/mol. The Morgan fingerprint density at radius 3 is 2.86 bits per heavy atom. The zero-order valence-corrected chi connectivity index (χ0v) is 12.7. The van der Waals surface area contributed by atoms with E-state index in [1.54, 1.807) is 6.07 Å². The number of benzene rings is 1. The van der Waals surface area contributed by atoms with Crippen LogP contribution in [0.4, 0.5) is 10.1 Å². The zero-order chi connectivity index (χ0) is 15.4. The lowest BCUT2D eigenvalue weighted by molar-refractivity contribution is 0.1000.